The Kier molecular flexibility index (Phi) is 4.78. The molecule has 0 aliphatic carbocycles. The molecular formula is C18H17N3OS. The fourth-order valence-electron chi connectivity index (χ4n) is 2.25. The van der Waals surface area contributed by atoms with E-state index in [4.69, 9.17) is 0 Å². The van der Waals surface area contributed by atoms with Gasteiger partial charge in [0.2, 0.25) is 0 Å². The van der Waals surface area contributed by atoms with Crippen molar-refractivity contribution in [3.8, 4) is 0 Å². The molecular weight excluding hydrogens is 306 g/mol. The third kappa shape index (κ3) is 3.81. The van der Waals surface area contributed by atoms with Gasteiger partial charge in [0.1, 0.15) is 5.82 Å². The molecule has 0 atom stereocenters. The highest BCUT2D eigenvalue weighted by Gasteiger charge is 2.10. The van der Waals surface area contributed by atoms with Crippen LogP contribution in [0.3, 0.4) is 0 Å². The molecule has 0 aliphatic rings. The number of carbonyl (C=O) groups is 1. The first-order valence-electron chi connectivity index (χ1n) is 7.27. The zero-order valence-corrected chi connectivity index (χ0v) is 13.6. The number of amides is 1. The van der Waals surface area contributed by atoms with Crippen LogP contribution in [0, 0.1) is 0 Å². The summed E-state index contributed by atoms with van der Waals surface area (Å²) in [5.41, 5.74) is 1.77. The Bertz CT molecular complexity index is 782. The van der Waals surface area contributed by atoms with E-state index in [9.17, 15) is 4.79 Å². The lowest BCUT2D eigenvalue weighted by Gasteiger charge is -2.09. The average Bonchev–Trinajstić information content (AvgIpc) is 3.02. The molecule has 1 amide bonds. The van der Waals surface area contributed by atoms with Crippen LogP contribution in [-0.2, 0) is 6.54 Å². The third-order valence-corrected chi connectivity index (χ3v) is 4.23. The van der Waals surface area contributed by atoms with Crippen molar-refractivity contribution in [2.45, 2.75) is 11.4 Å². The topological polar surface area (TPSA) is 46.9 Å². The van der Waals surface area contributed by atoms with E-state index >= 15 is 0 Å². The minimum atomic E-state index is -0.132. The van der Waals surface area contributed by atoms with Gasteiger partial charge >= 0.3 is 0 Å². The van der Waals surface area contributed by atoms with Gasteiger partial charge in [-0.05, 0) is 36.1 Å². The van der Waals surface area contributed by atoms with Crippen LogP contribution in [0.15, 0.2) is 71.8 Å². The van der Waals surface area contributed by atoms with Crippen LogP contribution in [0.1, 0.15) is 15.9 Å². The molecule has 0 radical (unpaired) electrons. The van der Waals surface area contributed by atoms with Crippen molar-refractivity contribution < 1.29 is 4.79 Å². The van der Waals surface area contributed by atoms with E-state index in [1.165, 1.54) is 0 Å². The second-order valence-corrected chi connectivity index (χ2v) is 5.92. The molecule has 0 spiro atoms. The number of nitrogens with zero attached hydrogens (tertiary/aromatic N) is 2. The molecule has 116 valence electrons. The summed E-state index contributed by atoms with van der Waals surface area (Å²) < 4.78 is 1.78. The first-order chi connectivity index (χ1) is 11.3. The van der Waals surface area contributed by atoms with Crippen molar-refractivity contribution >= 4 is 23.5 Å². The lowest BCUT2D eigenvalue weighted by Crippen LogP contribution is -2.16. The normalized spacial score (nSPS) is 10.5. The molecule has 3 aromatic rings. The van der Waals surface area contributed by atoms with Crippen molar-refractivity contribution in [3.05, 3.63) is 78.0 Å². The van der Waals surface area contributed by atoms with E-state index in [2.05, 4.69) is 10.4 Å². The number of anilines is 1. The molecule has 1 heterocycles. The van der Waals surface area contributed by atoms with Gasteiger partial charge in [0.05, 0.1) is 12.7 Å². The highest BCUT2D eigenvalue weighted by atomic mass is 32.2. The molecule has 1 aromatic heterocycles. The first-order valence-corrected chi connectivity index (χ1v) is 8.50. The number of aromatic nitrogens is 2. The summed E-state index contributed by atoms with van der Waals surface area (Å²) in [7, 11) is 0. The van der Waals surface area contributed by atoms with E-state index < -0.39 is 0 Å². The molecule has 3 rings (SSSR count). The summed E-state index contributed by atoms with van der Waals surface area (Å²) in [5.74, 6) is 0.556. The number of benzene rings is 2. The average molecular weight is 323 g/mol. The highest BCUT2D eigenvalue weighted by Crippen LogP contribution is 2.16. The molecule has 0 bridgehead atoms. The molecule has 23 heavy (non-hydrogen) atoms. The number of carbonyl (C=O) groups excluding carboxylic acids is 1. The van der Waals surface area contributed by atoms with Crippen molar-refractivity contribution in [1.82, 2.24) is 9.78 Å². The first kappa shape index (κ1) is 15.4. The maximum absolute atomic E-state index is 12.4. The van der Waals surface area contributed by atoms with E-state index in [1.54, 1.807) is 28.7 Å². The standard InChI is InChI=1S/C18H17N3OS/c1-23-16-9-7-15(8-10-16)18(22)20-17-11-12-19-21(17)13-14-5-3-2-4-6-14/h2-12H,13H2,1H3,(H,20,22). The number of nitrogens with one attached hydrogen (secondary N) is 1. The second kappa shape index (κ2) is 7.15. The zero-order valence-electron chi connectivity index (χ0n) is 12.8. The number of hydrogen-bond donors (Lipinski definition) is 1. The fourth-order valence-corrected chi connectivity index (χ4v) is 2.66. The lowest BCUT2D eigenvalue weighted by molar-refractivity contribution is 0.102. The fraction of sp³-hybridized carbons (Fsp3) is 0.111. The number of thioether (sulfide) groups is 1. The Labute approximate surface area is 139 Å². The van der Waals surface area contributed by atoms with Gasteiger partial charge in [0.15, 0.2) is 0 Å². The van der Waals surface area contributed by atoms with Crippen LogP contribution >= 0.6 is 11.8 Å². The molecule has 0 unspecified atom stereocenters. The van der Waals surface area contributed by atoms with Crippen LogP contribution in [-0.4, -0.2) is 21.9 Å². The molecule has 4 nitrogen and oxygen atoms in total. The van der Waals surface area contributed by atoms with Gasteiger partial charge in [-0.15, -0.1) is 11.8 Å². The summed E-state index contributed by atoms with van der Waals surface area (Å²) in [6.45, 7) is 0.620. The van der Waals surface area contributed by atoms with Gasteiger partial charge in [0, 0.05) is 16.5 Å². The van der Waals surface area contributed by atoms with Crippen LogP contribution < -0.4 is 5.32 Å². The predicted octanol–water partition coefficient (Wildman–Crippen LogP) is 3.91. The van der Waals surface area contributed by atoms with Gasteiger partial charge in [-0.1, -0.05) is 30.3 Å². The van der Waals surface area contributed by atoms with Crippen LogP contribution in [0.25, 0.3) is 0 Å². The summed E-state index contributed by atoms with van der Waals surface area (Å²) in [5, 5.41) is 7.20. The molecule has 1 N–H and O–H groups in total. The van der Waals surface area contributed by atoms with E-state index in [0.717, 1.165) is 10.5 Å². The largest absolute Gasteiger partial charge is 0.307 e. The van der Waals surface area contributed by atoms with Crippen LogP contribution in [0.2, 0.25) is 0 Å². The van der Waals surface area contributed by atoms with Crippen molar-refractivity contribution in [3.63, 3.8) is 0 Å². The van der Waals surface area contributed by atoms with E-state index in [1.807, 2.05) is 60.9 Å². The summed E-state index contributed by atoms with van der Waals surface area (Å²) >= 11 is 1.65. The maximum atomic E-state index is 12.4. The molecule has 0 saturated carbocycles. The molecule has 0 aliphatic heterocycles. The Morgan fingerprint density at radius 3 is 2.52 bits per heavy atom. The number of rotatable bonds is 5. The molecule has 5 heteroatoms. The second-order valence-electron chi connectivity index (χ2n) is 5.04. The predicted molar refractivity (Wildman–Crippen MR) is 93.9 cm³/mol. The summed E-state index contributed by atoms with van der Waals surface area (Å²) in [6.07, 6.45) is 3.70. The smallest absolute Gasteiger partial charge is 0.256 e. The highest BCUT2D eigenvalue weighted by molar-refractivity contribution is 7.98. The summed E-state index contributed by atoms with van der Waals surface area (Å²) in [4.78, 5) is 13.5. The Balaban J connectivity index is 1.73. The molecule has 0 fully saturated rings. The van der Waals surface area contributed by atoms with E-state index in [0.29, 0.717) is 17.9 Å². The van der Waals surface area contributed by atoms with Gasteiger partial charge in [-0.2, -0.15) is 5.10 Å². The number of hydrogen-bond acceptors (Lipinski definition) is 3. The Hall–Kier alpha value is -2.53. The third-order valence-electron chi connectivity index (χ3n) is 3.49. The lowest BCUT2D eigenvalue weighted by atomic mass is 10.2. The van der Waals surface area contributed by atoms with Crippen molar-refractivity contribution in [2.24, 2.45) is 0 Å². The minimum Gasteiger partial charge on any atom is -0.307 e. The van der Waals surface area contributed by atoms with Gasteiger partial charge in [-0.25, -0.2) is 4.68 Å². The summed E-state index contributed by atoms with van der Waals surface area (Å²) in [6, 6.07) is 19.4. The quantitative estimate of drug-likeness (QED) is 0.724. The van der Waals surface area contributed by atoms with Crippen LogP contribution in [0.5, 0.6) is 0 Å². The zero-order chi connectivity index (χ0) is 16.1. The van der Waals surface area contributed by atoms with E-state index in [-0.39, 0.29) is 5.91 Å². The van der Waals surface area contributed by atoms with Crippen molar-refractivity contribution in [2.75, 3.05) is 11.6 Å². The molecule has 2 aromatic carbocycles. The Morgan fingerprint density at radius 1 is 1.09 bits per heavy atom. The van der Waals surface area contributed by atoms with Gasteiger partial charge < -0.3 is 5.32 Å². The Morgan fingerprint density at radius 2 is 1.83 bits per heavy atom. The van der Waals surface area contributed by atoms with Crippen molar-refractivity contribution in [1.29, 1.82) is 0 Å². The minimum absolute atomic E-state index is 0.132. The molecule has 0 saturated heterocycles. The monoisotopic (exact) mass is 323 g/mol. The van der Waals surface area contributed by atoms with Gasteiger partial charge in [-0.3, -0.25) is 4.79 Å². The maximum Gasteiger partial charge on any atom is 0.256 e. The van der Waals surface area contributed by atoms with Gasteiger partial charge in [0.25, 0.3) is 5.91 Å². The SMILES string of the molecule is CSc1ccc(C(=O)Nc2ccnn2Cc2ccccc2)cc1. The van der Waals surface area contributed by atoms with Crippen LogP contribution in [0.4, 0.5) is 5.82 Å².